The highest BCUT2D eigenvalue weighted by Crippen LogP contribution is 2.20. The van der Waals surface area contributed by atoms with E-state index in [0.29, 0.717) is 13.1 Å². The number of nitrogens with one attached hydrogen (secondary N) is 1. The van der Waals surface area contributed by atoms with Crippen LogP contribution in [0.4, 0.5) is 4.79 Å². The van der Waals surface area contributed by atoms with E-state index in [4.69, 9.17) is 4.74 Å². The molecule has 1 aliphatic heterocycles. The van der Waals surface area contributed by atoms with Crippen LogP contribution in [0, 0.1) is 0 Å². The van der Waals surface area contributed by atoms with Gasteiger partial charge in [0.15, 0.2) is 0 Å². The van der Waals surface area contributed by atoms with Gasteiger partial charge in [0, 0.05) is 25.5 Å². The smallest absolute Gasteiger partial charge is 0.410 e. The van der Waals surface area contributed by atoms with E-state index in [2.05, 4.69) is 15.3 Å². The Kier molecular flexibility index (Phi) is 5.52. The number of piperidine rings is 1. The lowest BCUT2D eigenvalue weighted by Gasteiger charge is -2.36. The van der Waals surface area contributed by atoms with Crippen LogP contribution in [0.3, 0.4) is 0 Å². The van der Waals surface area contributed by atoms with E-state index in [1.54, 1.807) is 4.90 Å². The molecule has 7 nitrogen and oxygen atoms in total. The molecule has 0 aromatic carbocycles. The standard InChI is InChI=1S/C16H24N4O3/c1-16(2,3)23-15(22)20-9-5-4-6-12(20)10-19-14(21)13-11-17-7-8-18-13/h7-8,11-12H,4-6,9-10H2,1-3H3,(H,19,21)/t12-/m0/s1. The molecule has 126 valence electrons. The Morgan fingerprint density at radius 2 is 2.13 bits per heavy atom. The zero-order chi connectivity index (χ0) is 16.9. The van der Waals surface area contributed by atoms with Crippen molar-refractivity contribution in [1.29, 1.82) is 0 Å². The molecule has 23 heavy (non-hydrogen) atoms. The van der Waals surface area contributed by atoms with Gasteiger partial charge in [-0.1, -0.05) is 0 Å². The first-order valence-corrected chi connectivity index (χ1v) is 7.90. The Morgan fingerprint density at radius 3 is 2.78 bits per heavy atom. The van der Waals surface area contributed by atoms with E-state index in [1.807, 2.05) is 20.8 Å². The molecule has 0 spiro atoms. The van der Waals surface area contributed by atoms with E-state index in [-0.39, 0.29) is 23.7 Å². The summed E-state index contributed by atoms with van der Waals surface area (Å²) in [6.07, 6.45) is 6.92. The van der Waals surface area contributed by atoms with Crippen molar-refractivity contribution in [2.24, 2.45) is 0 Å². The highest BCUT2D eigenvalue weighted by molar-refractivity contribution is 5.91. The SMILES string of the molecule is CC(C)(C)OC(=O)N1CCCC[C@H]1CNC(=O)c1cnccn1. The number of carbonyl (C=O) groups is 2. The fourth-order valence-corrected chi connectivity index (χ4v) is 2.49. The Balaban J connectivity index is 1.93. The van der Waals surface area contributed by atoms with Crippen LogP contribution < -0.4 is 5.32 Å². The molecule has 0 unspecified atom stereocenters. The minimum Gasteiger partial charge on any atom is -0.444 e. The molecule has 7 heteroatoms. The highest BCUT2D eigenvalue weighted by atomic mass is 16.6. The van der Waals surface area contributed by atoms with Crippen LogP contribution in [-0.4, -0.2) is 51.6 Å². The van der Waals surface area contributed by atoms with Gasteiger partial charge in [-0.2, -0.15) is 0 Å². The van der Waals surface area contributed by atoms with Gasteiger partial charge in [0.1, 0.15) is 11.3 Å². The zero-order valence-corrected chi connectivity index (χ0v) is 13.9. The lowest BCUT2D eigenvalue weighted by molar-refractivity contribution is 0.00985. The monoisotopic (exact) mass is 320 g/mol. The Hall–Kier alpha value is -2.18. The molecule has 1 aliphatic rings. The van der Waals surface area contributed by atoms with Crippen molar-refractivity contribution in [2.75, 3.05) is 13.1 Å². The first-order chi connectivity index (χ1) is 10.9. The molecule has 1 fully saturated rings. The summed E-state index contributed by atoms with van der Waals surface area (Å²) in [5.41, 5.74) is -0.255. The fourth-order valence-electron chi connectivity index (χ4n) is 2.49. The summed E-state index contributed by atoms with van der Waals surface area (Å²) >= 11 is 0. The maximum Gasteiger partial charge on any atom is 0.410 e. The number of hydrogen-bond acceptors (Lipinski definition) is 5. The number of carbonyl (C=O) groups excluding carboxylic acids is 2. The summed E-state index contributed by atoms with van der Waals surface area (Å²) in [6.45, 7) is 6.58. The van der Waals surface area contributed by atoms with Crippen LogP contribution in [0.25, 0.3) is 0 Å². The topological polar surface area (TPSA) is 84.4 Å². The first kappa shape index (κ1) is 17.2. The van der Waals surface area contributed by atoms with Gasteiger partial charge in [0.2, 0.25) is 0 Å². The number of likely N-dealkylation sites (tertiary alicyclic amines) is 1. The van der Waals surface area contributed by atoms with Gasteiger partial charge in [-0.3, -0.25) is 9.78 Å². The molecular weight excluding hydrogens is 296 g/mol. The number of amides is 2. The molecule has 2 heterocycles. The normalized spacial score (nSPS) is 18.4. The predicted molar refractivity (Wildman–Crippen MR) is 84.9 cm³/mol. The second-order valence-corrected chi connectivity index (χ2v) is 6.62. The van der Waals surface area contributed by atoms with Gasteiger partial charge in [-0.25, -0.2) is 9.78 Å². The number of nitrogens with zero attached hydrogens (tertiary/aromatic N) is 3. The van der Waals surface area contributed by atoms with Gasteiger partial charge in [-0.15, -0.1) is 0 Å². The third-order valence-corrected chi connectivity index (χ3v) is 3.55. The van der Waals surface area contributed by atoms with Crippen molar-refractivity contribution in [3.05, 3.63) is 24.3 Å². The molecule has 0 bridgehead atoms. The average Bonchev–Trinajstić information content (AvgIpc) is 2.52. The van der Waals surface area contributed by atoms with Gasteiger partial charge in [0.05, 0.1) is 12.2 Å². The summed E-state index contributed by atoms with van der Waals surface area (Å²) in [5, 5.41) is 2.83. The molecule has 2 amide bonds. The van der Waals surface area contributed by atoms with Crippen molar-refractivity contribution in [3.63, 3.8) is 0 Å². The third-order valence-electron chi connectivity index (χ3n) is 3.55. The van der Waals surface area contributed by atoms with Gasteiger partial charge in [0.25, 0.3) is 5.91 Å². The molecule has 1 aromatic heterocycles. The van der Waals surface area contributed by atoms with Gasteiger partial charge >= 0.3 is 6.09 Å². The second-order valence-electron chi connectivity index (χ2n) is 6.62. The third kappa shape index (κ3) is 5.19. The number of aromatic nitrogens is 2. The maximum atomic E-state index is 12.3. The predicted octanol–water partition coefficient (Wildman–Crippen LogP) is 2.00. The molecule has 0 aliphatic carbocycles. The van der Waals surface area contributed by atoms with Crippen molar-refractivity contribution in [2.45, 2.75) is 51.7 Å². The number of ether oxygens (including phenoxy) is 1. The summed E-state index contributed by atoms with van der Waals surface area (Å²) < 4.78 is 5.45. The lowest BCUT2D eigenvalue weighted by Crippen LogP contribution is -2.50. The van der Waals surface area contributed by atoms with Crippen molar-refractivity contribution >= 4 is 12.0 Å². The van der Waals surface area contributed by atoms with Crippen molar-refractivity contribution < 1.29 is 14.3 Å². The largest absolute Gasteiger partial charge is 0.444 e. The molecule has 0 saturated carbocycles. The van der Waals surface area contributed by atoms with Crippen LogP contribution in [0.15, 0.2) is 18.6 Å². The molecule has 1 N–H and O–H groups in total. The molecule has 1 atom stereocenters. The molecule has 1 aromatic rings. The summed E-state index contributed by atoms with van der Waals surface area (Å²) in [4.78, 5) is 33.9. The van der Waals surface area contributed by atoms with E-state index >= 15 is 0 Å². The molecule has 2 rings (SSSR count). The summed E-state index contributed by atoms with van der Waals surface area (Å²) in [7, 11) is 0. The summed E-state index contributed by atoms with van der Waals surface area (Å²) in [6, 6.07) is -0.0563. The fraction of sp³-hybridized carbons (Fsp3) is 0.625. The number of hydrogen-bond donors (Lipinski definition) is 1. The zero-order valence-electron chi connectivity index (χ0n) is 13.9. The van der Waals surface area contributed by atoms with E-state index in [9.17, 15) is 9.59 Å². The van der Waals surface area contributed by atoms with Gasteiger partial charge < -0.3 is 15.0 Å². The maximum absolute atomic E-state index is 12.3. The van der Waals surface area contributed by atoms with Crippen LogP contribution in [-0.2, 0) is 4.74 Å². The highest BCUT2D eigenvalue weighted by Gasteiger charge is 2.30. The van der Waals surface area contributed by atoms with Crippen molar-refractivity contribution in [1.82, 2.24) is 20.2 Å². The summed E-state index contributed by atoms with van der Waals surface area (Å²) in [5.74, 6) is -0.284. The Bertz CT molecular complexity index is 542. The van der Waals surface area contributed by atoms with Crippen LogP contribution in [0.1, 0.15) is 50.5 Å². The van der Waals surface area contributed by atoms with Crippen LogP contribution in [0.2, 0.25) is 0 Å². The first-order valence-electron chi connectivity index (χ1n) is 7.90. The number of rotatable bonds is 3. The molecule has 0 radical (unpaired) electrons. The van der Waals surface area contributed by atoms with Crippen LogP contribution in [0.5, 0.6) is 0 Å². The quantitative estimate of drug-likeness (QED) is 0.921. The minimum absolute atomic E-state index is 0.0563. The van der Waals surface area contributed by atoms with Crippen molar-refractivity contribution in [3.8, 4) is 0 Å². The molecular formula is C16H24N4O3. The minimum atomic E-state index is -0.526. The van der Waals surface area contributed by atoms with E-state index in [1.165, 1.54) is 18.6 Å². The Morgan fingerprint density at radius 1 is 1.35 bits per heavy atom. The second kappa shape index (κ2) is 7.39. The van der Waals surface area contributed by atoms with E-state index in [0.717, 1.165) is 19.3 Å². The molecule has 1 saturated heterocycles. The van der Waals surface area contributed by atoms with E-state index < -0.39 is 5.60 Å². The van der Waals surface area contributed by atoms with Gasteiger partial charge in [-0.05, 0) is 40.0 Å². The van der Waals surface area contributed by atoms with Crippen LogP contribution >= 0.6 is 0 Å². The lowest BCUT2D eigenvalue weighted by atomic mass is 10.0. The average molecular weight is 320 g/mol. The Labute approximate surface area is 136 Å².